The number of nitrogens with one attached hydrogen (secondary N) is 2. The number of amides is 1. The van der Waals surface area contributed by atoms with Crippen molar-refractivity contribution in [2.45, 2.75) is 20.0 Å². The van der Waals surface area contributed by atoms with Crippen LogP contribution in [0, 0.1) is 11.8 Å². The van der Waals surface area contributed by atoms with E-state index >= 15 is 0 Å². The second-order valence-corrected chi connectivity index (χ2v) is 5.34. The fraction of sp³-hybridized carbons (Fsp3) is 0.923. The number of hydrogen-bond donors (Lipinski definition) is 2. The van der Waals surface area contributed by atoms with E-state index in [2.05, 4.69) is 22.5 Å². The van der Waals surface area contributed by atoms with Gasteiger partial charge in [0.15, 0.2) is 0 Å². The summed E-state index contributed by atoms with van der Waals surface area (Å²) in [5.74, 6) is 0.778. The number of carbonyl (C=O) groups excluding carboxylic acids is 1. The van der Waals surface area contributed by atoms with Gasteiger partial charge in [0.2, 0.25) is 5.91 Å². The topological polar surface area (TPSA) is 53.6 Å². The Morgan fingerprint density at radius 3 is 2.94 bits per heavy atom. The van der Waals surface area contributed by atoms with Crippen LogP contribution >= 0.6 is 0 Å². The Kier molecular flexibility index (Phi) is 4.97. The molecule has 0 aliphatic carbocycles. The van der Waals surface area contributed by atoms with Crippen LogP contribution in [0.1, 0.15) is 13.8 Å². The molecule has 0 spiro atoms. The lowest BCUT2D eigenvalue weighted by atomic mass is 9.88. The molecule has 2 rings (SSSR count). The highest BCUT2D eigenvalue weighted by Crippen LogP contribution is 2.15. The molecule has 0 aromatic carbocycles. The molecule has 0 radical (unpaired) electrons. The lowest BCUT2D eigenvalue weighted by Crippen LogP contribution is -2.52. The average molecular weight is 255 g/mol. The molecule has 5 heteroatoms. The van der Waals surface area contributed by atoms with Crippen LogP contribution in [0.25, 0.3) is 0 Å². The van der Waals surface area contributed by atoms with Crippen LogP contribution in [0.2, 0.25) is 0 Å². The minimum absolute atomic E-state index is 0.108. The Labute approximate surface area is 109 Å². The summed E-state index contributed by atoms with van der Waals surface area (Å²) < 4.78 is 5.67. The predicted molar refractivity (Wildman–Crippen MR) is 70.4 cm³/mol. The van der Waals surface area contributed by atoms with Crippen molar-refractivity contribution in [2.24, 2.45) is 11.8 Å². The summed E-state index contributed by atoms with van der Waals surface area (Å²) in [6.45, 7) is 10.5. The van der Waals surface area contributed by atoms with Gasteiger partial charge >= 0.3 is 0 Å². The van der Waals surface area contributed by atoms with Crippen molar-refractivity contribution in [3.63, 3.8) is 0 Å². The number of likely N-dealkylation sites (N-methyl/N-ethyl adjacent to an activating group) is 1. The van der Waals surface area contributed by atoms with Crippen LogP contribution in [0.3, 0.4) is 0 Å². The third-order valence-electron chi connectivity index (χ3n) is 4.11. The molecule has 2 unspecified atom stereocenters. The molecule has 2 heterocycles. The molecule has 0 aromatic rings. The van der Waals surface area contributed by atoms with Crippen LogP contribution in [0.15, 0.2) is 0 Å². The molecule has 104 valence electrons. The lowest BCUT2D eigenvalue weighted by Gasteiger charge is -2.34. The van der Waals surface area contributed by atoms with E-state index in [0.29, 0.717) is 12.5 Å². The zero-order chi connectivity index (χ0) is 13.0. The maximum absolute atomic E-state index is 12.0. The summed E-state index contributed by atoms with van der Waals surface area (Å²) in [5.41, 5.74) is 0. The van der Waals surface area contributed by atoms with Gasteiger partial charge in [0, 0.05) is 25.6 Å². The molecule has 0 bridgehead atoms. The molecule has 1 amide bonds. The van der Waals surface area contributed by atoms with E-state index < -0.39 is 0 Å². The molecule has 2 saturated heterocycles. The van der Waals surface area contributed by atoms with Gasteiger partial charge in [-0.25, -0.2) is 0 Å². The standard InChI is InChI=1S/C13H25N3O2/c1-3-16-4-5-18-12(9-16)8-15-13(17)10(2)11-6-14-7-11/h10-12,14H,3-9H2,1-2H3,(H,15,17). The van der Waals surface area contributed by atoms with Gasteiger partial charge in [0.25, 0.3) is 0 Å². The van der Waals surface area contributed by atoms with Crippen molar-refractivity contribution in [2.75, 3.05) is 45.9 Å². The normalized spacial score (nSPS) is 27.6. The van der Waals surface area contributed by atoms with Gasteiger partial charge in [0.1, 0.15) is 0 Å². The third kappa shape index (κ3) is 3.43. The highest BCUT2D eigenvalue weighted by molar-refractivity contribution is 5.78. The summed E-state index contributed by atoms with van der Waals surface area (Å²) in [5, 5.41) is 6.23. The van der Waals surface area contributed by atoms with E-state index in [9.17, 15) is 4.79 Å². The molecule has 2 fully saturated rings. The van der Waals surface area contributed by atoms with Gasteiger partial charge in [-0.2, -0.15) is 0 Å². The first kappa shape index (κ1) is 13.8. The van der Waals surface area contributed by atoms with E-state index in [4.69, 9.17) is 4.74 Å². The fourth-order valence-electron chi connectivity index (χ4n) is 2.45. The summed E-state index contributed by atoms with van der Waals surface area (Å²) >= 11 is 0. The maximum Gasteiger partial charge on any atom is 0.223 e. The van der Waals surface area contributed by atoms with Crippen LogP contribution in [0.5, 0.6) is 0 Å². The Morgan fingerprint density at radius 1 is 1.56 bits per heavy atom. The molecule has 2 aliphatic heterocycles. The summed E-state index contributed by atoms with van der Waals surface area (Å²) in [4.78, 5) is 14.3. The SMILES string of the molecule is CCN1CCOC(CNC(=O)C(C)C2CNC2)C1. The van der Waals surface area contributed by atoms with Crippen molar-refractivity contribution in [3.8, 4) is 0 Å². The first-order valence-corrected chi connectivity index (χ1v) is 7.03. The van der Waals surface area contributed by atoms with Crippen LogP contribution in [-0.2, 0) is 9.53 Å². The van der Waals surface area contributed by atoms with E-state index in [-0.39, 0.29) is 17.9 Å². The molecule has 2 aliphatic rings. The first-order valence-electron chi connectivity index (χ1n) is 7.03. The number of ether oxygens (including phenoxy) is 1. The van der Waals surface area contributed by atoms with Crippen LogP contribution < -0.4 is 10.6 Å². The molecule has 2 atom stereocenters. The number of hydrogen-bond acceptors (Lipinski definition) is 4. The van der Waals surface area contributed by atoms with Crippen LogP contribution in [0.4, 0.5) is 0 Å². The van der Waals surface area contributed by atoms with Gasteiger partial charge in [-0.1, -0.05) is 13.8 Å². The van der Waals surface area contributed by atoms with E-state index in [1.165, 1.54) is 0 Å². The molecule has 5 nitrogen and oxygen atoms in total. The maximum atomic E-state index is 12.0. The van der Waals surface area contributed by atoms with Crippen LogP contribution in [-0.4, -0.2) is 62.8 Å². The van der Waals surface area contributed by atoms with Gasteiger partial charge in [0.05, 0.1) is 12.7 Å². The largest absolute Gasteiger partial charge is 0.374 e. The quantitative estimate of drug-likeness (QED) is 0.707. The zero-order valence-corrected chi connectivity index (χ0v) is 11.4. The van der Waals surface area contributed by atoms with E-state index in [1.54, 1.807) is 0 Å². The average Bonchev–Trinajstić information content (AvgIpc) is 2.34. The Balaban J connectivity index is 1.68. The smallest absolute Gasteiger partial charge is 0.223 e. The van der Waals surface area contributed by atoms with E-state index in [0.717, 1.165) is 39.3 Å². The van der Waals surface area contributed by atoms with Gasteiger partial charge in [-0.15, -0.1) is 0 Å². The molecule has 0 aromatic heterocycles. The highest BCUT2D eigenvalue weighted by atomic mass is 16.5. The number of carbonyl (C=O) groups is 1. The van der Waals surface area contributed by atoms with E-state index in [1.807, 2.05) is 6.92 Å². The Bertz CT molecular complexity index is 281. The van der Waals surface area contributed by atoms with Crippen molar-refractivity contribution < 1.29 is 9.53 Å². The van der Waals surface area contributed by atoms with Gasteiger partial charge < -0.3 is 15.4 Å². The van der Waals surface area contributed by atoms with Crippen molar-refractivity contribution in [3.05, 3.63) is 0 Å². The monoisotopic (exact) mass is 255 g/mol. The second kappa shape index (κ2) is 6.50. The second-order valence-electron chi connectivity index (χ2n) is 5.34. The third-order valence-corrected chi connectivity index (χ3v) is 4.11. The first-order chi connectivity index (χ1) is 8.70. The number of rotatable bonds is 5. The molecule has 0 saturated carbocycles. The zero-order valence-electron chi connectivity index (χ0n) is 11.4. The summed E-state index contributed by atoms with van der Waals surface area (Å²) in [6.07, 6.45) is 0.148. The number of morpholine rings is 1. The molecular weight excluding hydrogens is 230 g/mol. The van der Waals surface area contributed by atoms with Gasteiger partial charge in [-0.05, 0) is 25.6 Å². The summed E-state index contributed by atoms with van der Waals surface area (Å²) in [6, 6.07) is 0. The fourth-order valence-corrected chi connectivity index (χ4v) is 2.45. The Morgan fingerprint density at radius 2 is 2.33 bits per heavy atom. The predicted octanol–water partition coefficient (Wildman–Crippen LogP) is -0.321. The highest BCUT2D eigenvalue weighted by Gasteiger charge is 2.29. The molecule has 18 heavy (non-hydrogen) atoms. The van der Waals surface area contributed by atoms with Gasteiger partial charge in [-0.3, -0.25) is 9.69 Å². The molecule has 2 N–H and O–H groups in total. The molecular formula is C13H25N3O2. The Hall–Kier alpha value is -0.650. The lowest BCUT2D eigenvalue weighted by molar-refractivity contribution is -0.127. The number of nitrogens with zero attached hydrogens (tertiary/aromatic N) is 1. The van der Waals surface area contributed by atoms with Crippen molar-refractivity contribution >= 4 is 5.91 Å². The van der Waals surface area contributed by atoms with Crippen molar-refractivity contribution in [1.82, 2.24) is 15.5 Å². The van der Waals surface area contributed by atoms with Crippen molar-refractivity contribution in [1.29, 1.82) is 0 Å². The minimum atomic E-state index is 0.108. The minimum Gasteiger partial charge on any atom is -0.374 e. The summed E-state index contributed by atoms with van der Waals surface area (Å²) in [7, 11) is 0.